The molecule has 32 heavy (non-hydrogen) atoms. The van der Waals surface area contributed by atoms with E-state index in [1.165, 1.54) is 16.7 Å². The van der Waals surface area contributed by atoms with Crippen molar-refractivity contribution in [1.29, 1.82) is 0 Å². The Labute approximate surface area is 185 Å². The average molecular weight is 432 g/mol. The van der Waals surface area contributed by atoms with Crippen molar-refractivity contribution in [1.82, 2.24) is 20.4 Å². The molecule has 0 aromatic heterocycles. The van der Waals surface area contributed by atoms with Gasteiger partial charge in [0.05, 0.1) is 11.1 Å². The van der Waals surface area contributed by atoms with Crippen LogP contribution in [-0.4, -0.2) is 46.5 Å². The van der Waals surface area contributed by atoms with E-state index in [2.05, 4.69) is 33.7 Å². The molecule has 2 N–H and O–H groups in total. The van der Waals surface area contributed by atoms with Gasteiger partial charge in [0, 0.05) is 32.6 Å². The van der Waals surface area contributed by atoms with E-state index in [1.807, 2.05) is 13.1 Å². The van der Waals surface area contributed by atoms with Gasteiger partial charge in [-0.3, -0.25) is 34.3 Å². The molecule has 0 saturated carbocycles. The second-order valence-corrected chi connectivity index (χ2v) is 8.66. The lowest BCUT2D eigenvalue weighted by Crippen LogP contribution is -2.54. The summed E-state index contributed by atoms with van der Waals surface area (Å²) in [6, 6.07) is 10.7. The predicted molar refractivity (Wildman–Crippen MR) is 115 cm³/mol. The number of carbonyl (C=O) groups excluding carboxylic acids is 4. The molecule has 1 unspecified atom stereocenters. The number of benzene rings is 2. The molecule has 3 heterocycles. The Bertz CT molecular complexity index is 1160. The van der Waals surface area contributed by atoms with Gasteiger partial charge in [-0.2, -0.15) is 0 Å². The summed E-state index contributed by atoms with van der Waals surface area (Å²) in [6.45, 7) is 3.17. The molecular formula is C24H24N4O4. The Morgan fingerprint density at radius 2 is 1.81 bits per heavy atom. The first kappa shape index (κ1) is 20.5. The van der Waals surface area contributed by atoms with Crippen molar-refractivity contribution in [3.8, 4) is 0 Å². The number of imide groups is 2. The quantitative estimate of drug-likeness (QED) is 0.692. The monoisotopic (exact) mass is 432 g/mol. The van der Waals surface area contributed by atoms with Gasteiger partial charge in [-0.05, 0) is 47.9 Å². The van der Waals surface area contributed by atoms with E-state index in [0.717, 1.165) is 30.1 Å². The normalized spacial score (nSPS) is 20.1. The Balaban J connectivity index is 1.32. The predicted octanol–water partition coefficient (Wildman–Crippen LogP) is 1.32. The largest absolute Gasteiger partial charge is 0.309 e. The Morgan fingerprint density at radius 3 is 2.62 bits per heavy atom. The number of rotatable bonds is 5. The van der Waals surface area contributed by atoms with Crippen LogP contribution < -0.4 is 10.6 Å². The maximum atomic E-state index is 13.0. The molecule has 8 heteroatoms. The molecule has 0 aliphatic carbocycles. The third-order valence-corrected chi connectivity index (χ3v) is 6.38. The van der Waals surface area contributed by atoms with Gasteiger partial charge in [0.1, 0.15) is 6.04 Å². The van der Waals surface area contributed by atoms with Crippen molar-refractivity contribution >= 4 is 23.6 Å². The second-order valence-electron chi connectivity index (χ2n) is 8.66. The highest BCUT2D eigenvalue weighted by Gasteiger charge is 2.44. The first-order chi connectivity index (χ1) is 15.4. The minimum absolute atomic E-state index is 0.110. The fourth-order valence-corrected chi connectivity index (χ4v) is 4.83. The van der Waals surface area contributed by atoms with Crippen LogP contribution in [0.15, 0.2) is 36.4 Å². The number of amides is 4. The van der Waals surface area contributed by atoms with Crippen molar-refractivity contribution < 1.29 is 19.2 Å². The average Bonchev–Trinajstić information content (AvgIpc) is 3.33. The minimum Gasteiger partial charge on any atom is -0.309 e. The zero-order valence-electron chi connectivity index (χ0n) is 17.8. The number of hydrogen-bond donors (Lipinski definition) is 2. The highest BCUT2D eigenvalue weighted by atomic mass is 16.2. The molecule has 2 aromatic rings. The molecule has 4 amide bonds. The van der Waals surface area contributed by atoms with Crippen LogP contribution in [0.5, 0.6) is 0 Å². The summed E-state index contributed by atoms with van der Waals surface area (Å²) in [5.74, 6) is -1.93. The number of carbonyl (C=O) groups is 4. The van der Waals surface area contributed by atoms with Crippen LogP contribution in [0.1, 0.15) is 55.8 Å². The van der Waals surface area contributed by atoms with Gasteiger partial charge >= 0.3 is 0 Å². The van der Waals surface area contributed by atoms with Crippen molar-refractivity contribution in [3.63, 3.8) is 0 Å². The maximum absolute atomic E-state index is 13.0. The molecule has 164 valence electrons. The molecular weight excluding hydrogens is 408 g/mol. The molecule has 0 spiro atoms. The lowest BCUT2D eigenvalue weighted by atomic mass is 10.0. The van der Waals surface area contributed by atoms with Crippen LogP contribution in [0.4, 0.5) is 0 Å². The second kappa shape index (κ2) is 7.96. The number of piperidine rings is 1. The van der Waals surface area contributed by atoms with E-state index < -0.39 is 23.8 Å². The zero-order chi connectivity index (χ0) is 22.4. The van der Waals surface area contributed by atoms with Gasteiger partial charge in [-0.1, -0.05) is 24.3 Å². The van der Waals surface area contributed by atoms with Crippen molar-refractivity contribution in [2.75, 3.05) is 7.05 Å². The van der Waals surface area contributed by atoms with E-state index in [-0.39, 0.29) is 18.7 Å². The first-order valence-electron chi connectivity index (χ1n) is 10.8. The summed E-state index contributed by atoms with van der Waals surface area (Å²) in [5.41, 5.74) is 5.52. The Kier molecular flexibility index (Phi) is 5.11. The molecule has 3 aliphatic heterocycles. The maximum Gasteiger partial charge on any atom is 0.262 e. The summed E-state index contributed by atoms with van der Waals surface area (Å²) in [5, 5.41) is 5.60. The van der Waals surface area contributed by atoms with Crippen LogP contribution in [0.25, 0.3) is 0 Å². The lowest BCUT2D eigenvalue weighted by molar-refractivity contribution is -0.136. The van der Waals surface area contributed by atoms with E-state index in [0.29, 0.717) is 17.7 Å². The van der Waals surface area contributed by atoms with Crippen LogP contribution >= 0.6 is 0 Å². The topological polar surface area (TPSA) is 98.8 Å². The van der Waals surface area contributed by atoms with E-state index in [4.69, 9.17) is 0 Å². The van der Waals surface area contributed by atoms with Crippen LogP contribution in [0.3, 0.4) is 0 Å². The van der Waals surface area contributed by atoms with Gasteiger partial charge in [0.2, 0.25) is 11.8 Å². The number of fused-ring (bicyclic) bond motifs is 2. The van der Waals surface area contributed by atoms with Gasteiger partial charge in [-0.25, -0.2) is 0 Å². The van der Waals surface area contributed by atoms with Crippen LogP contribution in [0.2, 0.25) is 0 Å². The molecule has 1 fully saturated rings. The van der Waals surface area contributed by atoms with Crippen molar-refractivity contribution in [2.45, 2.75) is 45.1 Å². The fourth-order valence-electron chi connectivity index (χ4n) is 4.83. The van der Waals surface area contributed by atoms with Crippen molar-refractivity contribution in [3.05, 3.63) is 69.8 Å². The fraction of sp³-hybridized carbons (Fsp3) is 0.333. The van der Waals surface area contributed by atoms with E-state index >= 15 is 0 Å². The van der Waals surface area contributed by atoms with Crippen LogP contribution in [0, 0.1) is 0 Å². The summed E-state index contributed by atoms with van der Waals surface area (Å²) in [6.07, 6.45) is 0.264. The van der Waals surface area contributed by atoms with E-state index in [9.17, 15) is 19.2 Å². The molecule has 8 nitrogen and oxygen atoms in total. The van der Waals surface area contributed by atoms with E-state index in [1.54, 1.807) is 12.1 Å². The molecule has 0 bridgehead atoms. The van der Waals surface area contributed by atoms with Crippen molar-refractivity contribution in [2.24, 2.45) is 0 Å². The van der Waals surface area contributed by atoms with Gasteiger partial charge in [0.25, 0.3) is 11.8 Å². The molecule has 3 aliphatic rings. The van der Waals surface area contributed by atoms with Crippen LogP contribution in [-0.2, 0) is 35.8 Å². The third kappa shape index (κ3) is 3.51. The summed E-state index contributed by atoms with van der Waals surface area (Å²) < 4.78 is 0. The van der Waals surface area contributed by atoms with Gasteiger partial charge < -0.3 is 5.32 Å². The Morgan fingerprint density at radius 1 is 1.00 bits per heavy atom. The molecule has 2 aromatic carbocycles. The smallest absolute Gasteiger partial charge is 0.262 e. The zero-order valence-corrected chi connectivity index (χ0v) is 17.8. The standard InChI is InChI=1S/C24H24N4O4/c1-27(13-16-4-2-3-15-10-25-11-19(15)16)12-14-5-6-17-18(9-14)24(32)28(23(17)31)20-7-8-21(29)26-22(20)30/h2-6,9,20,25H,7-8,10-13H2,1H3,(H,26,29,30). The number of nitrogens with zero attached hydrogens (tertiary/aromatic N) is 2. The Hall–Kier alpha value is -3.36. The molecule has 1 atom stereocenters. The molecule has 0 radical (unpaired) electrons. The molecule has 5 rings (SSSR count). The van der Waals surface area contributed by atoms with Gasteiger partial charge in [0.15, 0.2) is 0 Å². The number of nitrogens with one attached hydrogen (secondary N) is 2. The summed E-state index contributed by atoms with van der Waals surface area (Å²) >= 11 is 0. The third-order valence-electron chi connectivity index (χ3n) is 6.38. The first-order valence-corrected chi connectivity index (χ1v) is 10.8. The minimum atomic E-state index is -0.944. The number of hydrogen-bond acceptors (Lipinski definition) is 6. The highest BCUT2D eigenvalue weighted by Crippen LogP contribution is 2.29. The highest BCUT2D eigenvalue weighted by molar-refractivity contribution is 6.23. The lowest BCUT2D eigenvalue weighted by Gasteiger charge is -2.27. The molecule has 1 saturated heterocycles. The summed E-state index contributed by atoms with van der Waals surface area (Å²) in [7, 11) is 2.03. The SMILES string of the molecule is CN(Cc1ccc2c(c1)C(=O)N(C1CCC(=O)NC1=O)C2=O)Cc1cccc2c1CNC2. The summed E-state index contributed by atoms with van der Waals surface area (Å²) in [4.78, 5) is 52.7. The van der Waals surface area contributed by atoms with Gasteiger partial charge in [-0.15, -0.1) is 0 Å².